The second kappa shape index (κ2) is 8.31. The van der Waals surface area contributed by atoms with E-state index < -0.39 is 0 Å². The van der Waals surface area contributed by atoms with Gasteiger partial charge >= 0.3 is 0 Å². The molecule has 0 atom stereocenters. The highest BCUT2D eigenvalue weighted by Gasteiger charge is 2.28. The van der Waals surface area contributed by atoms with Crippen LogP contribution in [0.2, 0.25) is 0 Å². The number of amides is 1. The molecule has 0 unspecified atom stereocenters. The fraction of sp³-hybridized carbons (Fsp3) is 0.444. The third-order valence-electron chi connectivity index (χ3n) is 4.43. The zero-order chi connectivity index (χ0) is 17.6. The van der Waals surface area contributed by atoms with Crippen molar-refractivity contribution in [2.45, 2.75) is 19.4 Å². The van der Waals surface area contributed by atoms with Crippen LogP contribution in [0, 0.1) is 5.92 Å². The molecule has 1 aromatic heterocycles. The third-order valence-corrected chi connectivity index (χ3v) is 5.22. The van der Waals surface area contributed by atoms with Crippen LogP contribution in [0.3, 0.4) is 0 Å². The zero-order valence-electron chi connectivity index (χ0n) is 14.5. The summed E-state index contributed by atoms with van der Waals surface area (Å²) in [7, 11) is 3.25. The average Bonchev–Trinajstić information content (AvgIpc) is 3.20. The van der Waals surface area contributed by atoms with Crippen LogP contribution in [0.4, 0.5) is 5.13 Å². The highest BCUT2D eigenvalue weighted by molar-refractivity contribution is 7.13. The summed E-state index contributed by atoms with van der Waals surface area (Å²) < 4.78 is 10.7. The van der Waals surface area contributed by atoms with Crippen LogP contribution < -0.4 is 19.7 Å². The number of carbonyl (C=O) groups is 1. The van der Waals surface area contributed by atoms with Crippen molar-refractivity contribution in [3.8, 4) is 11.5 Å². The molecule has 25 heavy (non-hydrogen) atoms. The fourth-order valence-electron chi connectivity index (χ4n) is 3.03. The molecule has 2 aromatic rings. The van der Waals surface area contributed by atoms with Crippen LogP contribution in [-0.4, -0.2) is 38.2 Å². The van der Waals surface area contributed by atoms with Crippen LogP contribution in [-0.2, 0) is 11.3 Å². The molecule has 2 heterocycles. The Bertz CT molecular complexity index is 700. The Morgan fingerprint density at radius 1 is 1.32 bits per heavy atom. The van der Waals surface area contributed by atoms with Gasteiger partial charge in [0.25, 0.3) is 0 Å². The minimum Gasteiger partial charge on any atom is -0.497 e. The monoisotopic (exact) mass is 361 g/mol. The number of rotatable bonds is 6. The van der Waals surface area contributed by atoms with E-state index in [2.05, 4.69) is 10.3 Å². The number of ether oxygens (including phenoxy) is 2. The molecule has 1 aliphatic rings. The molecule has 0 aliphatic carbocycles. The highest BCUT2D eigenvalue weighted by atomic mass is 32.1. The summed E-state index contributed by atoms with van der Waals surface area (Å²) in [6.07, 6.45) is 3.45. The Morgan fingerprint density at radius 3 is 2.76 bits per heavy atom. The van der Waals surface area contributed by atoms with Gasteiger partial charge in [-0.15, -0.1) is 11.3 Å². The number of hydrogen-bond donors (Lipinski definition) is 1. The number of anilines is 1. The van der Waals surface area contributed by atoms with Gasteiger partial charge in [0, 0.05) is 29.1 Å². The number of carbonyl (C=O) groups excluding carboxylic acids is 1. The maximum Gasteiger partial charge on any atom is 0.232 e. The van der Waals surface area contributed by atoms with E-state index in [-0.39, 0.29) is 11.8 Å². The van der Waals surface area contributed by atoms with E-state index in [1.165, 1.54) is 11.3 Å². The molecule has 7 heteroatoms. The first kappa shape index (κ1) is 17.7. The van der Waals surface area contributed by atoms with Gasteiger partial charge in [0.15, 0.2) is 5.13 Å². The van der Waals surface area contributed by atoms with Crippen LogP contribution in [0.5, 0.6) is 11.5 Å². The Kier molecular flexibility index (Phi) is 5.88. The summed E-state index contributed by atoms with van der Waals surface area (Å²) in [6.45, 7) is 2.20. The predicted molar refractivity (Wildman–Crippen MR) is 98.4 cm³/mol. The number of benzene rings is 1. The number of methoxy groups -OCH3 is 2. The molecule has 1 amide bonds. The van der Waals surface area contributed by atoms with Crippen molar-refractivity contribution in [3.05, 3.63) is 35.3 Å². The Labute approximate surface area is 151 Å². The predicted octanol–water partition coefficient (Wildman–Crippen LogP) is 2.69. The van der Waals surface area contributed by atoms with E-state index in [0.29, 0.717) is 12.3 Å². The summed E-state index contributed by atoms with van der Waals surface area (Å²) in [5.74, 6) is 1.61. The topological polar surface area (TPSA) is 63.7 Å². The minimum atomic E-state index is 0.0365. The smallest absolute Gasteiger partial charge is 0.232 e. The molecule has 6 nitrogen and oxygen atoms in total. The van der Waals surface area contributed by atoms with E-state index in [9.17, 15) is 4.79 Å². The SMILES string of the molecule is COc1ccc(CN(C(=O)C2CCNCC2)c2nccs2)c(OC)c1. The highest BCUT2D eigenvalue weighted by Crippen LogP contribution is 2.30. The van der Waals surface area contributed by atoms with E-state index in [4.69, 9.17) is 9.47 Å². The number of thiazole rings is 1. The van der Waals surface area contributed by atoms with Crippen molar-refractivity contribution in [1.82, 2.24) is 10.3 Å². The second-order valence-corrected chi connectivity index (χ2v) is 6.81. The van der Waals surface area contributed by atoms with Crippen molar-refractivity contribution in [2.24, 2.45) is 5.92 Å². The lowest BCUT2D eigenvalue weighted by Gasteiger charge is -2.28. The molecule has 0 radical (unpaired) electrons. The maximum absolute atomic E-state index is 13.1. The van der Waals surface area contributed by atoms with E-state index >= 15 is 0 Å². The van der Waals surface area contributed by atoms with Gasteiger partial charge in [0.05, 0.1) is 20.8 Å². The summed E-state index contributed by atoms with van der Waals surface area (Å²) in [5.41, 5.74) is 0.931. The van der Waals surface area contributed by atoms with Crippen molar-refractivity contribution in [2.75, 3.05) is 32.2 Å². The molecule has 1 fully saturated rings. The lowest BCUT2D eigenvalue weighted by atomic mass is 9.96. The second-order valence-electron chi connectivity index (χ2n) is 5.94. The quantitative estimate of drug-likeness (QED) is 0.857. The minimum absolute atomic E-state index is 0.0365. The van der Waals surface area contributed by atoms with Crippen LogP contribution in [0.15, 0.2) is 29.8 Å². The maximum atomic E-state index is 13.1. The Balaban J connectivity index is 1.87. The molecule has 1 aliphatic heterocycles. The molecule has 0 saturated carbocycles. The van der Waals surface area contributed by atoms with Gasteiger partial charge in [0.2, 0.25) is 5.91 Å². The number of nitrogens with zero attached hydrogens (tertiary/aromatic N) is 2. The summed E-state index contributed by atoms with van der Waals surface area (Å²) >= 11 is 1.48. The number of aromatic nitrogens is 1. The van der Waals surface area contributed by atoms with Crippen LogP contribution >= 0.6 is 11.3 Å². The van der Waals surface area contributed by atoms with Crippen LogP contribution in [0.1, 0.15) is 18.4 Å². The zero-order valence-corrected chi connectivity index (χ0v) is 15.3. The van der Waals surface area contributed by atoms with E-state index in [0.717, 1.165) is 42.4 Å². The number of piperidine rings is 1. The van der Waals surface area contributed by atoms with E-state index in [1.54, 1.807) is 25.3 Å². The third kappa shape index (κ3) is 4.11. The first-order chi connectivity index (χ1) is 12.2. The number of nitrogens with one attached hydrogen (secondary N) is 1. The molecule has 1 aromatic carbocycles. The van der Waals surface area contributed by atoms with Gasteiger partial charge in [-0.1, -0.05) is 0 Å². The standard InChI is InChI=1S/C18H23N3O3S/c1-23-15-4-3-14(16(11-15)24-2)12-21(18-20-9-10-25-18)17(22)13-5-7-19-8-6-13/h3-4,9-11,13,19H,5-8,12H2,1-2H3. The van der Waals surface area contributed by atoms with Gasteiger partial charge in [0.1, 0.15) is 11.5 Å². The normalized spacial score (nSPS) is 15.0. The molecule has 1 N–H and O–H groups in total. The van der Waals surface area contributed by atoms with Crippen molar-refractivity contribution in [3.63, 3.8) is 0 Å². The molecular weight excluding hydrogens is 338 g/mol. The molecular formula is C18H23N3O3S. The first-order valence-corrected chi connectivity index (χ1v) is 9.23. The molecule has 1 saturated heterocycles. The molecule has 0 bridgehead atoms. The van der Waals surface area contributed by atoms with Crippen molar-refractivity contribution >= 4 is 22.4 Å². The molecule has 3 rings (SSSR count). The van der Waals surface area contributed by atoms with Gasteiger partial charge < -0.3 is 14.8 Å². The largest absolute Gasteiger partial charge is 0.497 e. The average molecular weight is 361 g/mol. The van der Waals surface area contributed by atoms with Crippen molar-refractivity contribution in [1.29, 1.82) is 0 Å². The van der Waals surface area contributed by atoms with Crippen LogP contribution in [0.25, 0.3) is 0 Å². The van der Waals surface area contributed by atoms with Crippen molar-refractivity contribution < 1.29 is 14.3 Å². The summed E-state index contributed by atoms with van der Waals surface area (Å²) in [5, 5.41) is 5.92. The lowest BCUT2D eigenvalue weighted by Crippen LogP contribution is -2.41. The summed E-state index contributed by atoms with van der Waals surface area (Å²) in [4.78, 5) is 19.3. The lowest BCUT2D eigenvalue weighted by molar-refractivity contribution is -0.123. The number of hydrogen-bond acceptors (Lipinski definition) is 6. The first-order valence-electron chi connectivity index (χ1n) is 8.35. The van der Waals surface area contributed by atoms with Gasteiger partial charge in [-0.25, -0.2) is 4.98 Å². The Hall–Kier alpha value is -2.12. The fourth-order valence-corrected chi connectivity index (χ4v) is 3.68. The summed E-state index contributed by atoms with van der Waals surface area (Å²) in [6, 6.07) is 5.66. The van der Waals surface area contributed by atoms with Gasteiger partial charge in [-0.3, -0.25) is 9.69 Å². The van der Waals surface area contributed by atoms with Gasteiger partial charge in [-0.05, 0) is 38.1 Å². The van der Waals surface area contributed by atoms with Gasteiger partial charge in [-0.2, -0.15) is 0 Å². The Morgan fingerprint density at radius 2 is 2.12 bits per heavy atom. The molecule has 0 spiro atoms. The van der Waals surface area contributed by atoms with E-state index in [1.807, 2.05) is 23.6 Å². The molecule has 134 valence electrons.